The zero-order valence-corrected chi connectivity index (χ0v) is 20.0. The first kappa shape index (κ1) is 22.1. The van der Waals surface area contributed by atoms with Crippen molar-refractivity contribution in [2.45, 2.75) is 122 Å². The van der Waals surface area contributed by atoms with E-state index in [2.05, 4.69) is 34.6 Å². The van der Waals surface area contributed by atoms with Crippen LogP contribution in [0.4, 0.5) is 0 Å². The topological polar surface area (TPSA) is 74.2 Å². The molecular formula is C25H40O6. The van der Waals surface area contributed by atoms with Crippen LogP contribution in [0.25, 0.3) is 0 Å². The van der Waals surface area contributed by atoms with E-state index >= 15 is 0 Å². The number of hydrogen-bond acceptors (Lipinski definition) is 6. The van der Waals surface area contributed by atoms with Gasteiger partial charge in [0.1, 0.15) is 11.7 Å². The molecule has 176 valence electrons. The number of esters is 1. The highest BCUT2D eigenvalue weighted by Gasteiger charge is 2.73. The Kier molecular flexibility index (Phi) is 4.93. The summed E-state index contributed by atoms with van der Waals surface area (Å²) in [5.41, 5.74) is -0.769. The van der Waals surface area contributed by atoms with Crippen LogP contribution in [-0.4, -0.2) is 47.1 Å². The fourth-order valence-corrected chi connectivity index (χ4v) is 8.50. The second kappa shape index (κ2) is 6.91. The summed E-state index contributed by atoms with van der Waals surface area (Å²) in [6.45, 7) is 12.6. The van der Waals surface area contributed by atoms with Crippen molar-refractivity contribution in [3.8, 4) is 0 Å². The maximum absolute atomic E-state index is 11.6. The molecule has 1 N–H and O–H groups in total. The van der Waals surface area contributed by atoms with Gasteiger partial charge >= 0.3 is 5.97 Å². The zero-order valence-electron chi connectivity index (χ0n) is 20.0. The fourth-order valence-electron chi connectivity index (χ4n) is 8.50. The minimum Gasteiger partial charge on any atom is -0.433 e. The average molecular weight is 437 g/mol. The van der Waals surface area contributed by atoms with Gasteiger partial charge in [0.2, 0.25) is 6.29 Å². The Morgan fingerprint density at radius 1 is 1.06 bits per heavy atom. The molecule has 5 rings (SSSR count). The van der Waals surface area contributed by atoms with Crippen LogP contribution in [0, 0.1) is 28.6 Å². The van der Waals surface area contributed by atoms with Gasteiger partial charge in [0, 0.05) is 18.8 Å². The summed E-state index contributed by atoms with van der Waals surface area (Å²) in [5, 5.41) is 11.3. The molecular weight excluding hydrogens is 396 g/mol. The Morgan fingerprint density at radius 3 is 2.48 bits per heavy atom. The first-order valence-corrected chi connectivity index (χ1v) is 12.3. The summed E-state index contributed by atoms with van der Waals surface area (Å²) in [7, 11) is 0. The lowest BCUT2D eigenvalue weighted by Gasteiger charge is -2.61. The molecule has 0 amide bonds. The van der Waals surface area contributed by atoms with Gasteiger partial charge in [0.05, 0.1) is 11.7 Å². The molecule has 3 aliphatic carbocycles. The standard InChI is InChI=1S/C25H40O6/c1-14(26)28-21-20(27)25-12-9-15-16-7-8-18(30-22(2,3)4)23(16,5)11-10-17(15)24(25,6)13-19(29-21)31-25/h15-21,27H,7-13H2,1-6H3/t15-,16-,17-,18-,19+,20+,21-,23-,24+,25+/m0/s1. The quantitative estimate of drug-likeness (QED) is 0.655. The molecule has 2 saturated heterocycles. The second-order valence-electron chi connectivity index (χ2n) is 12.4. The van der Waals surface area contributed by atoms with Crippen molar-refractivity contribution in [3.05, 3.63) is 0 Å². The van der Waals surface area contributed by atoms with Gasteiger partial charge in [0.25, 0.3) is 0 Å². The largest absolute Gasteiger partial charge is 0.433 e. The number of rotatable bonds is 2. The zero-order chi connectivity index (χ0) is 22.4. The number of carbonyl (C=O) groups is 1. The van der Waals surface area contributed by atoms with Crippen LogP contribution in [-0.2, 0) is 23.7 Å². The van der Waals surface area contributed by atoms with Gasteiger partial charge < -0.3 is 24.1 Å². The number of fused-ring (bicyclic) bond motifs is 5. The van der Waals surface area contributed by atoms with Crippen molar-refractivity contribution < 1.29 is 28.8 Å². The molecule has 2 aliphatic heterocycles. The van der Waals surface area contributed by atoms with E-state index in [9.17, 15) is 9.90 Å². The van der Waals surface area contributed by atoms with Crippen LogP contribution in [0.3, 0.4) is 0 Å². The smallest absolute Gasteiger partial charge is 0.305 e. The van der Waals surface area contributed by atoms with Crippen molar-refractivity contribution in [1.82, 2.24) is 0 Å². The lowest BCUT2D eigenvalue weighted by Crippen LogP contribution is -2.66. The summed E-state index contributed by atoms with van der Waals surface area (Å²) in [4.78, 5) is 11.6. The highest BCUT2D eigenvalue weighted by molar-refractivity contribution is 5.66. The monoisotopic (exact) mass is 436 g/mol. The summed E-state index contributed by atoms with van der Waals surface area (Å²) in [5.74, 6) is 1.31. The second-order valence-corrected chi connectivity index (χ2v) is 12.4. The number of aliphatic hydroxyl groups is 1. The molecule has 31 heavy (non-hydrogen) atoms. The molecule has 0 unspecified atom stereocenters. The summed E-state index contributed by atoms with van der Waals surface area (Å²) in [6.07, 6.45) is 5.27. The van der Waals surface area contributed by atoms with Crippen LogP contribution in [0.2, 0.25) is 0 Å². The van der Waals surface area contributed by atoms with Crippen molar-refractivity contribution in [2.75, 3.05) is 0 Å². The molecule has 0 aromatic heterocycles. The average Bonchev–Trinajstić information content (AvgIpc) is 3.10. The van der Waals surface area contributed by atoms with E-state index in [1.165, 1.54) is 13.3 Å². The van der Waals surface area contributed by atoms with Crippen molar-refractivity contribution in [2.24, 2.45) is 28.6 Å². The van der Waals surface area contributed by atoms with Crippen LogP contribution in [0.5, 0.6) is 0 Å². The molecule has 5 aliphatic rings. The molecule has 2 heterocycles. The summed E-state index contributed by atoms with van der Waals surface area (Å²) in [6, 6.07) is 0. The lowest BCUT2D eigenvalue weighted by atomic mass is 9.45. The van der Waals surface area contributed by atoms with Crippen molar-refractivity contribution in [1.29, 1.82) is 0 Å². The Morgan fingerprint density at radius 2 is 1.81 bits per heavy atom. The van der Waals surface area contributed by atoms with Gasteiger partial charge in [-0.25, -0.2) is 0 Å². The summed E-state index contributed by atoms with van der Waals surface area (Å²) >= 11 is 0. The normalized spacial score (nSPS) is 53.5. The molecule has 0 radical (unpaired) electrons. The first-order valence-electron chi connectivity index (χ1n) is 12.3. The van der Waals surface area contributed by atoms with Crippen LogP contribution >= 0.6 is 0 Å². The Hall–Kier alpha value is -0.690. The van der Waals surface area contributed by atoms with E-state index in [0.717, 1.165) is 38.5 Å². The van der Waals surface area contributed by atoms with E-state index < -0.39 is 30.3 Å². The first-order chi connectivity index (χ1) is 14.4. The predicted octanol–water partition coefficient (Wildman–Crippen LogP) is 4.18. The molecule has 2 bridgehead atoms. The minimum atomic E-state index is -0.949. The molecule has 0 aromatic carbocycles. The molecule has 6 nitrogen and oxygen atoms in total. The van der Waals surface area contributed by atoms with E-state index in [1.54, 1.807) is 0 Å². The SMILES string of the molecule is CC(=O)O[C@H]1O[C@H]2C[C@]3(C)[C@H]4CC[C@]5(C)[C@@H](OC(C)(C)C)CC[C@H]5[C@@H]4CC[C@@]3(O2)[C@@H]1O. The highest BCUT2D eigenvalue weighted by atomic mass is 16.8. The Bertz CT molecular complexity index is 747. The third-order valence-corrected chi connectivity index (χ3v) is 9.72. The third kappa shape index (κ3) is 3.08. The van der Waals surface area contributed by atoms with Crippen LogP contribution < -0.4 is 0 Å². The maximum Gasteiger partial charge on any atom is 0.305 e. The summed E-state index contributed by atoms with van der Waals surface area (Å²) < 4.78 is 24.2. The van der Waals surface area contributed by atoms with E-state index in [1.807, 2.05) is 0 Å². The van der Waals surface area contributed by atoms with Gasteiger partial charge in [-0.3, -0.25) is 4.79 Å². The van der Waals surface area contributed by atoms with Crippen molar-refractivity contribution in [3.63, 3.8) is 0 Å². The van der Waals surface area contributed by atoms with Gasteiger partial charge in [0.15, 0.2) is 6.29 Å². The predicted molar refractivity (Wildman–Crippen MR) is 114 cm³/mol. The number of hydrogen-bond donors (Lipinski definition) is 1. The van der Waals surface area contributed by atoms with Gasteiger partial charge in [-0.05, 0) is 82.5 Å². The molecule has 3 saturated carbocycles. The molecule has 1 spiro atoms. The lowest BCUT2D eigenvalue weighted by molar-refractivity contribution is -0.358. The van der Waals surface area contributed by atoms with Crippen LogP contribution in [0.15, 0.2) is 0 Å². The Balaban J connectivity index is 1.42. The van der Waals surface area contributed by atoms with Crippen molar-refractivity contribution >= 4 is 5.97 Å². The molecule has 0 aromatic rings. The number of carbonyl (C=O) groups excluding carboxylic acids is 1. The van der Waals surface area contributed by atoms with Gasteiger partial charge in [-0.1, -0.05) is 13.8 Å². The molecule has 5 fully saturated rings. The Labute approximate surface area is 186 Å². The van der Waals surface area contributed by atoms with Gasteiger partial charge in [-0.15, -0.1) is 0 Å². The number of aliphatic hydroxyl groups excluding tert-OH is 1. The third-order valence-electron chi connectivity index (χ3n) is 9.72. The molecule has 6 heteroatoms. The van der Waals surface area contributed by atoms with E-state index in [0.29, 0.717) is 23.9 Å². The maximum atomic E-state index is 11.6. The molecule has 10 atom stereocenters. The minimum absolute atomic E-state index is 0.119. The van der Waals surface area contributed by atoms with E-state index in [-0.39, 0.29) is 16.4 Å². The highest BCUT2D eigenvalue weighted by Crippen LogP contribution is 2.70. The van der Waals surface area contributed by atoms with Gasteiger partial charge in [-0.2, -0.15) is 0 Å². The fraction of sp³-hybridized carbons (Fsp3) is 0.960. The van der Waals surface area contributed by atoms with Crippen LogP contribution in [0.1, 0.15) is 86.5 Å². The number of ether oxygens (including phenoxy) is 4. The van der Waals surface area contributed by atoms with E-state index in [4.69, 9.17) is 18.9 Å².